The van der Waals surface area contributed by atoms with E-state index in [1.54, 1.807) is 4.90 Å². The minimum absolute atomic E-state index is 0.000333. The topological polar surface area (TPSA) is 47.0 Å². The fourth-order valence-corrected chi connectivity index (χ4v) is 3.61. The summed E-state index contributed by atoms with van der Waals surface area (Å²) in [7, 11) is 2.10. The van der Waals surface area contributed by atoms with Crippen molar-refractivity contribution in [2.75, 3.05) is 46.3 Å². The number of piperazine rings is 1. The Morgan fingerprint density at radius 1 is 1.25 bits per heavy atom. The summed E-state index contributed by atoms with van der Waals surface area (Å²) >= 11 is 5.66. The van der Waals surface area contributed by atoms with E-state index in [-0.39, 0.29) is 29.1 Å². The van der Waals surface area contributed by atoms with Gasteiger partial charge in [-0.25, -0.2) is 4.39 Å². The Hall–Kier alpha value is -1.21. The van der Waals surface area contributed by atoms with E-state index in [2.05, 4.69) is 16.8 Å². The summed E-state index contributed by atoms with van der Waals surface area (Å²) in [5.74, 6) is -0.864. The van der Waals surface area contributed by atoms with Gasteiger partial charge in [0.2, 0.25) is 0 Å². The molecule has 2 aliphatic heterocycles. The van der Waals surface area contributed by atoms with E-state index in [0.717, 1.165) is 38.7 Å². The molecule has 5 nitrogen and oxygen atoms in total. The molecule has 0 aliphatic carbocycles. The molecule has 1 aromatic carbocycles. The maximum absolute atomic E-state index is 13.6. The second kappa shape index (κ2) is 7.35. The van der Waals surface area contributed by atoms with Gasteiger partial charge in [0.1, 0.15) is 5.82 Å². The van der Waals surface area contributed by atoms with Crippen LogP contribution in [0.25, 0.3) is 0 Å². The first kappa shape index (κ1) is 17.6. The number of aliphatic hydroxyl groups is 1. The quantitative estimate of drug-likeness (QED) is 0.868. The largest absolute Gasteiger partial charge is 0.390 e. The van der Waals surface area contributed by atoms with Crippen LogP contribution in [0.3, 0.4) is 0 Å². The number of β-amino-alcohol motifs (C(OH)–C–C–N with tert-alkyl or cyclic N) is 1. The fourth-order valence-electron chi connectivity index (χ4n) is 3.49. The number of carbonyl (C=O) groups is 1. The van der Waals surface area contributed by atoms with Gasteiger partial charge in [-0.1, -0.05) is 11.6 Å². The lowest BCUT2D eigenvalue weighted by Gasteiger charge is -2.44. The summed E-state index contributed by atoms with van der Waals surface area (Å²) in [6.45, 7) is 4.71. The molecule has 2 heterocycles. The van der Waals surface area contributed by atoms with Gasteiger partial charge in [0, 0.05) is 50.9 Å². The molecule has 0 bridgehead atoms. The van der Waals surface area contributed by atoms with E-state index in [4.69, 9.17) is 11.6 Å². The van der Waals surface area contributed by atoms with Gasteiger partial charge in [-0.05, 0) is 31.7 Å². The van der Waals surface area contributed by atoms with E-state index in [9.17, 15) is 14.3 Å². The smallest absolute Gasteiger partial charge is 0.254 e. The molecule has 2 saturated heterocycles. The lowest BCUT2D eigenvalue weighted by atomic mass is 9.98. The first-order chi connectivity index (χ1) is 11.5. The zero-order chi connectivity index (χ0) is 17.3. The average molecular weight is 356 g/mol. The molecule has 1 N–H and O–H groups in total. The number of carbonyl (C=O) groups excluding carboxylic acids is 1. The Balaban J connectivity index is 1.62. The number of piperidine rings is 1. The van der Waals surface area contributed by atoms with Gasteiger partial charge in [-0.3, -0.25) is 9.69 Å². The fraction of sp³-hybridized carbons (Fsp3) is 0.588. The van der Waals surface area contributed by atoms with Crippen molar-refractivity contribution >= 4 is 17.5 Å². The van der Waals surface area contributed by atoms with Crippen molar-refractivity contribution < 1.29 is 14.3 Å². The Bertz CT molecular complexity index is 607. The van der Waals surface area contributed by atoms with Gasteiger partial charge >= 0.3 is 0 Å². The lowest BCUT2D eigenvalue weighted by Crippen LogP contribution is -2.59. The van der Waals surface area contributed by atoms with Gasteiger partial charge < -0.3 is 14.9 Å². The molecule has 1 amide bonds. The minimum Gasteiger partial charge on any atom is -0.390 e. The third-order valence-corrected chi connectivity index (χ3v) is 5.31. The van der Waals surface area contributed by atoms with E-state index in [1.807, 2.05) is 0 Å². The second-order valence-corrected chi connectivity index (χ2v) is 7.05. The molecule has 2 fully saturated rings. The van der Waals surface area contributed by atoms with E-state index >= 15 is 0 Å². The van der Waals surface area contributed by atoms with Gasteiger partial charge in [-0.15, -0.1) is 0 Å². The van der Waals surface area contributed by atoms with Crippen LogP contribution in [-0.4, -0.2) is 84.2 Å². The first-order valence-electron chi connectivity index (χ1n) is 8.30. The SMILES string of the molecule is CN1CCN([C@@H]2CCN(C(=O)c3ccc(Cl)c(F)c3)C[C@H]2O)CC1. The van der Waals surface area contributed by atoms with Crippen LogP contribution < -0.4 is 0 Å². The molecule has 3 rings (SSSR count). The third kappa shape index (κ3) is 3.72. The van der Waals surface area contributed by atoms with Crippen molar-refractivity contribution in [3.63, 3.8) is 0 Å². The van der Waals surface area contributed by atoms with Crippen LogP contribution in [0, 0.1) is 5.82 Å². The summed E-state index contributed by atoms with van der Waals surface area (Å²) in [5, 5.41) is 10.5. The number of rotatable bonds is 2. The molecule has 0 spiro atoms. The number of amides is 1. The molecular formula is C17H23ClFN3O2. The number of likely N-dealkylation sites (N-methyl/N-ethyl adjacent to an activating group) is 1. The number of nitrogens with zero attached hydrogens (tertiary/aromatic N) is 3. The van der Waals surface area contributed by atoms with E-state index < -0.39 is 11.9 Å². The standard InChI is InChI=1S/C17H23ClFN3O2/c1-20-6-8-21(9-7-20)15-4-5-22(11-16(15)23)17(24)12-2-3-13(18)14(19)10-12/h2-3,10,15-16,23H,4-9,11H2,1H3/t15-,16-/m1/s1. The van der Waals surface area contributed by atoms with Gasteiger partial charge in [-0.2, -0.15) is 0 Å². The molecule has 0 unspecified atom stereocenters. The maximum atomic E-state index is 13.6. The monoisotopic (exact) mass is 355 g/mol. The Labute approximate surface area is 146 Å². The summed E-state index contributed by atoms with van der Waals surface area (Å²) < 4.78 is 13.6. The van der Waals surface area contributed by atoms with Crippen LogP contribution in [-0.2, 0) is 0 Å². The molecule has 0 saturated carbocycles. The van der Waals surface area contributed by atoms with Crippen LogP contribution >= 0.6 is 11.6 Å². The highest BCUT2D eigenvalue weighted by Gasteiger charge is 2.35. The van der Waals surface area contributed by atoms with Crippen LogP contribution in [0.4, 0.5) is 4.39 Å². The van der Waals surface area contributed by atoms with Crippen LogP contribution in [0.1, 0.15) is 16.8 Å². The van der Waals surface area contributed by atoms with Crippen LogP contribution in [0.15, 0.2) is 18.2 Å². The molecule has 24 heavy (non-hydrogen) atoms. The van der Waals surface area contributed by atoms with E-state index in [1.165, 1.54) is 12.1 Å². The number of hydrogen-bond donors (Lipinski definition) is 1. The molecule has 7 heteroatoms. The number of aliphatic hydroxyl groups excluding tert-OH is 1. The molecule has 2 atom stereocenters. The predicted octanol–water partition coefficient (Wildman–Crippen LogP) is 1.30. The van der Waals surface area contributed by atoms with Crippen molar-refractivity contribution in [2.45, 2.75) is 18.6 Å². The maximum Gasteiger partial charge on any atom is 0.254 e. The average Bonchev–Trinajstić information content (AvgIpc) is 2.57. The normalized spacial score (nSPS) is 26.6. The van der Waals surface area contributed by atoms with E-state index in [0.29, 0.717) is 6.54 Å². The van der Waals surface area contributed by atoms with Crippen molar-refractivity contribution in [1.29, 1.82) is 0 Å². The minimum atomic E-state index is -0.601. The molecule has 2 aliphatic rings. The second-order valence-electron chi connectivity index (χ2n) is 6.64. The highest BCUT2D eigenvalue weighted by atomic mass is 35.5. The summed E-state index contributed by atoms with van der Waals surface area (Å²) in [6, 6.07) is 4.15. The van der Waals surface area contributed by atoms with Gasteiger partial charge in [0.25, 0.3) is 5.91 Å². The lowest BCUT2D eigenvalue weighted by molar-refractivity contribution is -0.0219. The number of likely N-dealkylation sites (tertiary alicyclic amines) is 1. The molecule has 0 radical (unpaired) electrons. The van der Waals surface area contributed by atoms with Gasteiger partial charge in [0.05, 0.1) is 11.1 Å². The zero-order valence-corrected chi connectivity index (χ0v) is 14.5. The highest BCUT2D eigenvalue weighted by Crippen LogP contribution is 2.22. The number of halogens is 2. The first-order valence-corrected chi connectivity index (χ1v) is 8.68. The summed E-state index contributed by atoms with van der Waals surface area (Å²) in [6.07, 6.45) is 0.149. The van der Waals surface area contributed by atoms with Crippen LogP contribution in [0.2, 0.25) is 5.02 Å². The Morgan fingerprint density at radius 3 is 2.58 bits per heavy atom. The van der Waals surface area contributed by atoms with Crippen LogP contribution in [0.5, 0.6) is 0 Å². The predicted molar refractivity (Wildman–Crippen MR) is 90.8 cm³/mol. The van der Waals surface area contributed by atoms with Crippen molar-refractivity contribution in [3.05, 3.63) is 34.6 Å². The van der Waals surface area contributed by atoms with Crippen molar-refractivity contribution in [2.24, 2.45) is 0 Å². The Kier molecular flexibility index (Phi) is 5.39. The summed E-state index contributed by atoms with van der Waals surface area (Å²) in [4.78, 5) is 18.7. The van der Waals surface area contributed by atoms with Crippen molar-refractivity contribution in [1.82, 2.24) is 14.7 Å². The number of benzene rings is 1. The molecule has 132 valence electrons. The zero-order valence-electron chi connectivity index (χ0n) is 13.8. The molecule has 0 aromatic heterocycles. The van der Waals surface area contributed by atoms with Gasteiger partial charge in [0.15, 0.2) is 0 Å². The highest BCUT2D eigenvalue weighted by molar-refractivity contribution is 6.30. The van der Waals surface area contributed by atoms with Crippen molar-refractivity contribution in [3.8, 4) is 0 Å². The summed E-state index contributed by atoms with van der Waals surface area (Å²) in [5.41, 5.74) is 0.266. The Morgan fingerprint density at radius 2 is 1.96 bits per heavy atom. The number of hydrogen-bond acceptors (Lipinski definition) is 4. The molecular weight excluding hydrogens is 333 g/mol. The third-order valence-electron chi connectivity index (χ3n) is 5.01. The molecule has 1 aromatic rings.